The summed E-state index contributed by atoms with van der Waals surface area (Å²) in [6.45, 7) is -0.100. The van der Waals surface area contributed by atoms with Crippen molar-refractivity contribution in [3.05, 3.63) is 0 Å². The van der Waals surface area contributed by atoms with Crippen LogP contribution in [-0.2, 0) is 4.79 Å². The van der Waals surface area contributed by atoms with Crippen molar-refractivity contribution >= 4 is 11.9 Å². The monoisotopic (exact) mass is 161 g/mol. The number of carbonyl (C=O) groups excluding carboxylic acids is 2. The van der Waals surface area contributed by atoms with Crippen molar-refractivity contribution in [1.29, 1.82) is 0 Å². The number of amides is 3. The van der Waals surface area contributed by atoms with Crippen LogP contribution in [0.3, 0.4) is 0 Å². The van der Waals surface area contributed by atoms with E-state index in [0.29, 0.717) is 0 Å². The van der Waals surface area contributed by atoms with E-state index in [0.717, 1.165) is 0 Å². The zero-order valence-corrected chi connectivity index (χ0v) is 5.96. The van der Waals surface area contributed by atoms with Crippen molar-refractivity contribution in [3.63, 3.8) is 0 Å². The molecule has 0 saturated heterocycles. The van der Waals surface area contributed by atoms with Gasteiger partial charge in [0.05, 0.1) is 13.2 Å². The van der Waals surface area contributed by atoms with Crippen LogP contribution >= 0.6 is 0 Å². The number of urea groups is 1. The molecule has 0 aromatic rings. The molecule has 3 amide bonds. The van der Waals surface area contributed by atoms with Gasteiger partial charge in [-0.05, 0) is 0 Å². The second kappa shape index (κ2) is 5.48. The lowest BCUT2D eigenvalue weighted by Gasteiger charge is -2.02. The maximum absolute atomic E-state index is 10.6. The fourth-order valence-electron chi connectivity index (χ4n) is 0.425. The predicted molar refractivity (Wildman–Crippen MR) is 37.7 cm³/mol. The van der Waals surface area contributed by atoms with Gasteiger partial charge in [0.2, 0.25) is 5.91 Å². The first kappa shape index (κ1) is 9.70. The summed E-state index contributed by atoms with van der Waals surface area (Å²) < 4.78 is 0. The predicted octanol–water partition coefficient (Wildman–Crippen LogP) is -2.24. The van der Waals surface area contributed by atoms with E-state index >= 15 is 0 Å². The van der Waals surface area contributed by atoms with E-state index in [9.17, 15) is 9.59 Å². The summed E-state index contributed by atoms with van der Waals surface area (Å²) >= 11 is 0. The molecular weight excluding hydrogens is 150 g/mol. The Labute approximate surface area is 63.8 Å². The van der Waals surface area contributed by atoms with Gasteiger partial charge in [-0.1, -0.05) is 0 Å². The Balaban J connectivity index is 3.30. The Bertz CT molecular complexity index is 148. The van der Waals surface area contributed by atoms with Crippen LogP contribution < -0.4 is 16.4 Å². The highest BCUT2D eigenvalue weighted by molar-refractivity contribution is 5.83. The SMILES string of the molecule is NC(=O)NCC(=O)NCCO. The maximum atomic E-state index is 10.6. The molecule has 0 fully saturated rings. The number of aliphatic hydroxyl groups excluding tert-OH is 1. The Hall–Kier alpha value is -1.30. The van der Waals surface area contributed by atoms with E-state index in [1.165, 1.54) is 0 Å². The third kappa shape index (κ3) is 6.59. The molecule has 0 rings (SSSR count). The number of carbonyl (C=O) groups is 2. The highest BCUT2D eigenvalue weighted by Gasteiger charge is 1.99. The minimum absolute atomic E-state index is 0.123. The van der Waals surface area contributed by atoms with Gasteiger partial charge in [-0.15, -0.1) is 0 Å². The largest absolute Gasteiger partial charge is 0.395 e. The molecule has 0 spiro atoms. The average Bonchev–Trinajstić information content (AvgIpc) is 1.97. The Morgan fingerprint density at radius 1 is 1.36 bits per heavy atom. The first-order chi connectivity index (χ1) is 5.16. The van der Waals surface area contributed by atoms with E-state index in [-0.39, 0.29) is 25.6 Å². The average molecular weight is 161 g/mol. The number of primary amides is 1. The van der Waals surface area contributed by atoms with E-state index < -0.39 is 6.03 Å². The molecule has 0 aromatic heterocycles. The first-order valence-corrected chi connectivity index (χ1v) is 3.07. The van der Waals surface area contributed by atoms with Crippen molar-refractivity contribution < 1.29 is 14.7 Å². The molecule has 64 valence electrons. The van der Waals surface area contributed by atoms with Gasteiger partial charge < -0.3 is 21.5 Å². The minimum Gasteiger partial charge on any atom is -0.395 e. The third-order valence-electron chi connectivity index (χ3n) is 0.857. The van der Waals surface area contributed by atoms with Gasteiger partial charge in [-0.3, -0.25) is 4.79 Å². The molecule has 0 bridgehead atoms. The van der Waals surface area contributed by atoms with Gasteiger partial charge in [0.25, 0.3) is 0 Å². The molecule has 0 aliphatic rings. The standard InChI is InChI=1S/C5H11N3O3/c6-5(11)8-3-4(10)7-1-2-9/h9H,1-3H2,(H,7,10)(H3,6,8,11). The minimum atomic E-state index is -0.746. The summed E-state index contributed by atoms with van der Waals surface area (Å²) in [5.41, 5.74) is 4.69. The molecule has 0 saturated carbocycles. The molecule has 0 aliphatic carbocycles. The van der Waals surface area contributed by atoms with Crippen LogP contribution in [-0.4, -0.2) is 36.7 Å². The van der Waals surface area contributed by atoms with Crippen LogP contribution in [0.4, 0.5) is 4.79 Å². The topological polar surface area (TPSA) is 104 Å². The number of nitrogens with two attached hydrogens (primary N) is 1. The van der Waals surface area contributed by atoms with Crippen LogP contribution in [0.1, 0.15) is 0 Å². The fraction of sp³-hybridized carbons (Fsp3) is 0.600. The molecule has 11 heavy (non-hydrogen) atoms. The molecule has 0 atom stereocenters. The maximum Gasteiger partial charge on any atom is 0.312 e. The van der Waals surface area contributed by atoms with E-state index in [1.807, 2.05) is 0 Å². The first-order valence-electron chi connectivity index (χ1n) is 3.07. The zero-order chi connectivity index (χ0) is 8.69. The summed E-state index contributed by atoms with van der Waals surface area (Å²) in [5, 5.41) is 12.7. The number of hydrogen-bond donors (Lipinski definition) is 4. The van der Waals surface area contributed by atoms with Crippen molar-refractivity contribution in [2.24, 2.45) is 5.73 Å². The van der Waals surface area contributed by atoms with Gasteiger partial charge in [0, 0.05) is 6.54 Å². The summed E-state index contributed by atoms with van der Waals surface area (Å²) in [4.78, 5) is 20.7. The number of nitrogens with one attached hydrogen (secondary N) is 2. The summed E-state index contributed by atoms with van der Waals surface area (Å²) in [7, 11) is 0. The normalized spacial score (nSPS) is 8.82. The Morgan fingerprint density at radius 3 is 2.45 bits per heavy atom. The fourth-order valence-corrected chi connectivity index (χ4v) is 0.425. The van der Waals surface area contributed by atoms with Crippen molar-refractivity contribution in [2.45, 2.75) is 0 Å². The van der Waals surface area contributed by atoms with Gasteiger partial charge in [0.15, 0.2) is 0 Å². The van der Waals surface area contributed by atoms with Crippen LogP contribution in [0.2, 0.25) is 0 Å². The number of rotatable bonds is 4. The third-order valence-corrected chi connectivity index (χ3v) is 0.857. The lowest BCUT2D eigenvalue weighted by atomic mass is 10.5. The van der Waals surface area contributed by atoms with Crippen LogP contribution in [0.15, 0.2) is 0 Å². The number of aliphatic hydroxyl groups is 1. The molecule has 0 heterocycles. The Kier molecular flexibility index (Phi) is 4.83. The molecule has 0 aromatic carbocycles. The van der Waals surface area contributed by atoms with Gasteiger partial charge >= 0.3 is 6.03 Å². The van der Waals surface area contributed by atoms with Crippen molar-refractivity contribution in [2.75, 3.05) is 19.7 Å². The highest BCUT2D eigenvalue weighted by Crippen LogP contribution is 1.63. The second-order valence-electron chi connectivity index (χ2n) is 1.79. The van der Waals surface area contributed by atoms with Crippen molar-refractivity contribution in [1.82, 2.24) is 10.6 Å². The smallest absolute Gasteiger partial charge is 0.312 e. The Morgan fingerprint density at radius 2 is 2.00 bits per heavy atom. The zero-order valence-electron chi connectivity index (χ0n) is 5.96. The van der Waals surface area contributed by atoms with Gasteiger partial charge in [-0.2, -0.15) is 0 Å². The molecular formula is C5H11N3O3. The van der Waals surface area contributed by atoms with Crippen LogP contribution in [0, 0.1) is 0 Å². The summed E-state index contributed by atoms with van der Waals surface area (Å²) in [6, 6.07) is -0.746. The van der Waals surface area contributed by atoms with E-state index in [4.69, 9.17) is 5.11 Å². The second-order valence-corrected chi connectivity index (χ2v) is 1.79. The molecule has 5 N–H and O–H groups in total. The van der Waals surface area contributed by atoms with Crippen molar-refractivity contribution in [3.8, 4) is 0 Å². The van der Waals surface area contributed by atoms with Crippen LogP contribution in [0.5, 0.6) is 0 Å². The van der Waals surface area contributed by atoms with Crippen LogP contribution in [0.25, 0.3) is 0 Å². The summed E-state index contributed by atoms with van der Waals surface area (Å²) in [5.74, 6) is -0.377. The molecule has 0 aliphatic heterocycles. The molecule has 0 radical (unpaired) electrons. The van der Waals surface area contributed by atoms with Gasteiger partial charge in [0.1, 0.15) is 0 Å². The van der Waals surface area contributed by atoms with Gasteiger partial charge in [-0.25, -0.2) is 4.79 Å². The van der Waals surface area contributed by atoms with E-state index in [2.05, 4.69) is 16.4 Å². The van der Waals surface area contributed by atoms with E-state index in [1.54, 1.807) is 0 Å². The molecule has 6 nitrogen and oxygen atoms in total. The highest BCUT2D eigenvalue weighted by atomic mass is 16.3. The molecule has 6 heteroatoms. The molecule has 0 unspecified atom stereocenters. The summed E-state index contributed by atoms with van der Waals surface area (Å²) in [6.07, 6.45) is 0. The lowest BCUT2D eigenvalue weighted by Crippen LogP contribution is -2.40. The quantitative estimate of drug-likeness (QED) is 0.375. The number of hydrogen-bond acceptors (Lipinski definition) is 3. The lowest BCUT2D eigenvalue weighted by molar-refractivity contribution is -0.120.